The van der Waals surface area contributed by atoms with Crippen LogP contribution in [0.5, 0.6) is 0 Å². The topological polar surface area (TPSA) is 15.3 Å². The highest BCUT2D eigenvalue weighted by Crippen LogP contribution is 1.94. The van der Waals surface area contributed by atoms with Crippen molar-refractivity contribution in [3.63, 3.8) is 0 Å². The van der Waals surface area contributed by atoms with Crippen molar-refractivity contribution < 1.29 is 0 Å². The minimum Gasteiger partial charge on any atom is -0.259 e. The van der Waals surface area contributed by atoms with Crippen LogP contribution in [0.3, 0.4) is 0 Å². The Morgan fingerprint density at radius 3 is 2.56 bits per heavy atom. The van der Waals surface area contributed by atoms with Gasteiger partial charge < -0.3 is 0 Å². The van der Waals surface area contributed by atoms with Gasteiger partial charge in [-0.25, -0.2) is 5.01 Å². The van der Waals surface area contributed by atoms with E-state index in [1.165, 1.54) is 17.3 Å². The summed E-state index contributed by atoms with van der Waals surface area (Å²) in [6.45, 7) is 1.15. The molecule has 0 saturated heterocycles. The second kappa shape index (κ2) is 6.77. The van der Waals surface area contributed by atoms with Crippen LogP contribution in [0.1, 0.15) is 12.8 Å². The molecule has 0 saturated carbocycles. The third-order valence-electron chi connectivity index (χ3n) is 1.26. The van der Waals surface area contributed by atoms with Gasteiger partial charge in [0.05, 0.1) is 0 Å². The molecule has 0 amide bonds. The maximum Gasteiger partial charge on any atom is 0.0128 e. The fourth-order valence-electron chi connectivity index (χ4n) is 0.555. The van der Waals surface area contributed by atoms with Crippen LogP contribution in [0.4, 0.5) is 0 Å². The molecule has 0 bridgehead atoms. The summed E-state index contributed by atoms with van der Waals surface area (Å²) in [5, 5.41) is 2.10. The number of alkyl halides is 1. The largest absolute Gasteiger partial charge is 0.259 e. The summed E-state index contributed by atoms with van der Waals surface area (Å²) >= 11 is 2.41. The van der Waals surface area contributed by atoms with Gasteiger partial charge in [-0.05, 0) is 24.3 Å². The minimum atomic E-state index is 1.15. The van der Waals surface area contributed by atoms with Gasteiger partial charge in [0.15, 0.2) is 0 Å². The highest BCUT2D eigenvalue weighted by atomic mass is 127. The zero-order valence-corrected chi connectivity index (χ0v) is 8.31. The van der Waals surface area contributed by atoms with E-state index < -0.39 is 0 Å². The van der Waals surface area contributed by atoms with Gasteiger partial charge in [0.1, 0.15) is 0 Å². The minimum absolute atomic E-state index is 1.15. The molecule has 0 fully saturated rings. The van der Waals surface area contributed by atoms with Gasteiger partial charge in [0, 0.05) is 13.6 Å². The van der Waals surface area contributed by atoms with Crippen LogP contribution in [0, 0.1) is 0 Å². The van der Waals surface area contributed by atoms with Gasteiger partial charge in [-0.3, -0.25) is 5.43 Å². The Bertz CT molecular complexity index is 59.0. The van der Waals surface area contributed by atoms with Crippen LogP contribution in [-0.2, 0) is 0 Å². The summed E-state index contributed by atoms with van der Waals surface area (Å²) in [6, 6.07) is 0. The van der Waals surface area contributed by atoms with Gasteiger partial charge >= 0.3 is 0 Å². The summed E-state index contributed by atoms with van der Waals surface area (Å²) in [7, 11) is 4.01. The van der Waals surface area contributed by atoms with Crippen molar-refractivity contribution in [3.8, 4) is 0 Å². The molecule has 0 rings (SSSR count). The molecule has 3 heteroatoms. The van der Waals surface area contributed by atoms with Crippen molar-refractivity contribution in [3.05, 3.63) is 0 Å². The van der Waals surface area contributed by atoms with E-state index in [1.807, 2.05) is 7.05 Å². The molecule has 0 radical (unpaired) electrons. The van der Waals surface area contributed by atoms with E-state index in [2.05, 4.69) is 40.1 Å². The third kappa shape index (κ3) is 6.54. The van der Waals surface area contributed by atoms with Gasteiger partial charge in [-0.15, -0.1) is 0 Å². The maximum absolute atomic E-state index is 3.05. The van der Waals surface area contributed by atoms with Crippen molar-refractivity contribution in [1.29, 1.82) is 0 Å². The first kappa shape index (κ1) is 9.65. The van der Waals surface area contributed by atoms with Gasteiger partial charge in [0.2, 0.25) is 0 Å². The number of nitrogens with zero attached hydrogens (tertiary/aromatic N) is 1. The second-order valence-electron chi connectivity index (χ2n) is 2.04. The van der Waals surface area contributed by atoms with E-state index in [1.54, 1.807) is 0 Å². The van der Waals surface area contributed by atoms with Crippen LogP contribution in [0.2, 0.25) is 0 Å². The standard InChI is InChI=1S/C6H15IN2/c1-8-9(2)6-4-3-5-7/h8H,3-6H2,1-2H3. The Hall–Kier alpha value is 0.650. The van der Waals surface area contributed by atoms with Crippen LogP contribution in [0.25, 0.3) is 0 Å². The van der Waals surface area contributed by atoms with Crippen LogP contribution >= 0.6 is 22.6 Å². The van der Waals surface area contributed by atoms with Crippen LogP contribution in [-0.4, -0.2) is 30.1 Å². The lowest BCUT2D eigenvalue weighted by atomic mass is 10.3. The maximum atomic E-state index is 3.05. The van der Waals surface area contributed by atoms with Crippen LogP contribution in [0.15, 0.2) is 0 Å². The fourth-order valence-corrected chi connectivity index (χ4v) is 1.09. The highest BCUT2D eigenvalue weighted by Gasteiger charge is 1.90. The van der Waals surface area contributed by atoms with Gasteiger partial charge in [-0.2, -0.15) is 0 Å². The number of hydrogen-bond acceptors (Lipinski definition) is 2. The molecule has 1 N–H and O–H groups in total. The SMILES string of the molecule is CNN(C)CCCCI. The lowest BCUT2D eigenvalue weighted by Crippen LogP contribution is -2.31. The van der Waals surface area contributed by atoms with Crippen molar-refractivity contribution in [2.75, 3.05) is 25.1 Å². The molecule has 0 atom stereocenters. The van der Waals surface area contributed by atoms with E-state index >= 15 is 0 Å². The Morgan fingerprint density at radius 1 is 1.44 bits per heavy atom. The molecule has 0 unspecified atom stereocenters. The quantitative estimate of drug-likeness (QED) is 0.338. The summed E-state index contributed by atoms with van der Waals surface area (Å²) in [5.41, 5.74) is 3.05. The van der Waals surface area contributed by atoms with Crippen LogP contribution < -0.4 is 5.43 Å². The number of hydrogen-bond donors (Lipinski definition) is 1. The molecule has 0 aromatic heterocycles. The molecule has 0 aromatic rings. The zero-order valence-electron chi connectivity index (χ0n) is 6.15. The number of halogens is 1. The molecular weight excluding hydrogens is 227 g/mol. The molecular formula is C6H15IN2. The normalized spacial score (nSPS) is 10.7. The van der Waals surface area contributed by atoms with E-state index in [9.17, 15) is 0 Å². The molecule has 0 aliphatic carbocycles. The molecule has 0 heterocycles. The number of rotatable bonds is 5. The molecule has 0 aromatic carbocycles. The molecule has 56 valence electrons. The fraction of sp³-hybridized carbons (Fsp3) is 1.00. The summed E-state index contributed by atoms with van der Waals surface area (Å²) in [5.74, 6) is 0. The number of hydrazine groups is 1. The summed E-state index contributed by atoms with van der Waals surface area (Å²) in [4.78, 5) is 0. The first-order valence-electron chi connectivity index (χ1n) is 3.25. The molecule has 2 nitrogen and oxygen atoms in total. The monoisotopic (exact) mass is 242 g/mol. The molecule has 0 aliphatic rings. The Labute approximate surface area is 71.1 Å². The lowest BCUT2D eigenvalue weighted by Gasteiger charge is -2.13. The van der Waals surface area contributed by atoms with E-state index in [4.69, 9.17) is 0 Å². The number of unbranched alkanes of at least 4 members (excludes halogenated alkanes) is 1. The third-order valence-corrected chi connectivity index (χ3v) is 2.02. The Balaban J connectivity index is 2.88. The first-order valence-corrected chi connectivity index (χ1v) is 4.78. The smallest absolute Gasteiger partial charge is 0.0128 e. The highest BCUT2D eigenvalue weighted by molar-refractivity contribution is 14.1. The predicted molar refractivity (Wildman–Crippen MR) is 49.8 cm³/mol. The van der Waals surface area contributed by atoms with Crippen molar-refractivity contribution in [2.24, 2.45) is 0 Å². The molecule has 0 aliphatic heterocycles. The zero-order chi connectivity index (χ0) is 7.11. The summed E-state index contributed by atoms with van der Waals surface area (Å²) < 4.78 is 1.27. The Morgan fingerprint density at radius 2 is 2.11 bits per heavy atom. The van der Waals surface area contributed by atoms with Crippen molar-refractivity contribution >= 4 is 22.6 Å². The number of nitrogens with one attached hydrogen (secondary N) is 1. The van der Waals surface area contributed by atoms with Crippen molar-refractivity contribution in [1.82, 2.24) is 10.4 Å². The Kier molecular flexibility index (Phi) is 7.25. The lowest BCUT2D eigenvalue weighted by molar-refractivity contribution is 0.257. The predicted octanol–water partition coefficient (Wildman–Crippen LogP) is 1.27. The van der Waals surface area contributed by atoms with Gasteiger partial charge in [0.25, 0.3) is 0 Å². The average Bonchev–Trinajstić information content (AvgIpc) is 1.89. The van der Waals surface area contributed by atoms with Crippen molar-refractivity contribution in [2.45, 2.75) is 12.8 Å². The molecule has 0 spiro atoms. The van der Waals surface area contributed by atoms with E-state index in [0.717, 1.165) is 6.54 Å². The summed E-state index contributed by atoms with van der Waals surface area (Å²) in [6.07, 6.45) is 2.62. The molecule has 9 heavy (non-hydrogen) atoms. The first-order chi connectivity index (χ1) is 4.31. The average molecular weight is 242 g/mol. The van der Waals surface area contributed by atoms with E-state index in [0.29, 0.717) is 0 Å². The second-order valence-corrected chi connectivity index (χ2v) is 3.12. The van der Waals surface area contributed by atoms with Gasteiger partial charge in [-0.1, -0.05) is 22.6 Å². The van der Waals surface area contributed by atoms with E-state index in [-0.39, 0.29) is 0 Å².